The summed E-state index contributed by atoms with van der Waals surface area (Å²) >= 11 is 8.59. The average Bonchev–Trinajstić information content (AvgIpc) is 3.34. The van der Waals surface area contributed by atoms with Crippen LogP contribution < -0.4 is 10.6 Å². The first-order valence-electron chi connectivity index (χ1n) is 12.5. The average molecular weight is 529 g/mol. The Balaban J connectivity index is 1.66. The number of carbonyl (C=O) groups excluding carboxylic acids is 2. The van der Waals surface area contributed by atoms with Gasteiger partial charge in [-0.2, -0.15) is 25.3 Å². The molecule has 5 atom stereocenters. The van der Waals surface area contributed by atoms with E-state index in [9.17, 15) is 9.59 Å². The zero-order valence-electron chi connectivity index (χ0n) is 21.1. The number of aryl methyl sites for hydroxylation is 1. The van der Waals surface area contributed by atoms with Crippen LogP contribution in [0.15, 0.2) is 48.5 Å². The molecule has 0 spiro atoms. The van der Waals surface area contributed by atoms with Crippen LogP contribution in [0.3, 0.4) is 0 Å². The number of esters is 2. The summed E-state index contributed by atoms with van der Waals surface area (Å²) in [6, 6.07) is 16.5. The SMILES string of the molecule is Cc1ccc(C2(OC(=O)C(C)S)CNCC(c3cccc(C4(OC(=O)C(C)S)CCNC4)c3)C2)cc1. The van der Waals surface area contributed by atoms with E-state index in [0.29, 0.717) is 25.9 Å². The van der Waals surface area contributed by atoms with E-state index in [1.807, 2.05) is 43.3 Å². The lowest BCUT2D eigenvalue weighted by Gasteiger charge is -2.42. The van der Waals surface area contributed by atoms with Gasteiger partial charge in [0.2, 0.25) is 0 Å². The highest BCUT2D eigenvalue weighted by molar-refractivity contribution is 7.82. The van der Waals surface area contributed by atoms with Crippen LogP contribution in [0.4, 0.5) is 0 Å². The fraction of sp³-hybridized carbons (Fsp3) is 0.500. The molecule has 0 radical (unpaired) electrons. The molecule has 2 N–H and O–H groups in total. The summed E-state index contributed by atoms with van der Waals surface area (Å²) in [4.78, 5) is 25.2. The molecule has 8 heteroatoms. The van der Waals surface area contributed by atoms with Crippen molar-refractivity contribution in [2.24, 2.45) is 0 Å². The van der Waals surface area contributed by atoms with Gasteiger partial charge in [-0.3, -0.25) is 9.59 Å². The first kappa shape index (κ1) is 27.0. The first-order valence-corrected chi connectivity index (χ1v) is 13.6. The number of benzene rings is 2. The van der Waals surface area contributed by atoms with Crippen molar-refractivity contribution in [1.82, 2.24) is 10.6 Å². The number of hydrogen-bond donors (Lipinski definition) is 4. The molecule has 4 rings (SSSR count). The number of nitrogens with one attached hydrogen (secondary N) is 2. The lowest BCUT2D eigenvalue weighted by Crippen LogP contribution is -2.50. The molecule has 0 bridgehead atoms. The third-order valence-corrected chi connectivity index (χ3v) is 7.65. The predicted molar refractivity (Wildman–Crippen MR) is 148 cm³/mol. The van der Waals surface area contributed by atoms with E-state index in [0.717, 1.165) is 35.3 Å². The van der Waals surface area contributed by atoms with E-state index in [1.54, 1.807) is 13.8 Å². The molecule has 36 heavy (non-hydrogen) atoms. The van der Waals surface area contributed by atoms with Gasteiger partial charge < -0.3 is 20.1 Å². The predicted octanol–water partition coefficient (Wildman–Crippen LogP) is 3.88. The topological polar surface area (TPSA) is 76.7 Å². The molecule has 194 valence electrons. The summed E-state index contributed by atoms with van der Waals surface area (Å²) in [6.07, 6.45) is 1.34. The summed E-state index contributed by atoms with van der Waals surface area (Å²) in [5, 5.41) is 5.85. The van der Waals surface area contributed by atoms with E-state index in [1.165, 1.54) is 0 Å². The maximum atomic E-state index is 12.7. The highest BCUT2D eigenvalue weighted by Crippen LogP contribution is 2.41. The van der Waals surface area contributed by atoms with E-state index in [2.05, 4.69) is 48.0 Å². The minimum atomic E-state index is -0.804. The van der Waals surface area contributed by atoms with Crippen LogP contribution in [-0.2, 0) is 30.3 Å². The molecular formula is C28H36N2O4S2. The zero-order chi connectivity index (χ0) is 25.9. The largest absolute Gasteiger partial charge is 0.452 e. The number of hydrogen-bond acceptors (Lipinski definition) is 8. The van der Waals surface area contributed by atoms with Crippen LogP contribution in [0, 0.1) is 6.92 Å². The number of rotatable bonds is 7. The molecule has 5 unspecified atom stereocenters. The van der Waals surface area contributed by atoms with Gasteiger partial charge in [0.05, 0.1) is 10.5 Å². The van der Waals surface area contributed by atoms with Crippen molar-refractivity contribution in [2.75, 3.05) is 26.2 Å². The van der Waals surface area contributed by atoms with Crippen LogP contribution in [0.5, 0.6) is 0 Å². The molecule has 2 aliphatic heterocycles. The first-order chi connectivity index (χ1) is 17.1. The highest BCUT2D eigenvalue weighted by Gasteiger charge is 2.44. The summed E-state index contributed by atoms with van der Waals surface area (Å²) in [7, 11) is 0. The molecule has 0 aliphatic carbocycles. The number of carbonyl (C=O) groups is 2. The van der Waals surface area contributed by atoms with E-state index in [4.69, 9.17) is 9.47 Å². The second-order valence-corrected chi connectivity index (χ2v) is 11.7. The van der Waals surface area contributed by atoms with Crippen molar-refractivity contribution in [3.8, 4) is 0 Å². The quantitative estimate of drug-likeness (QED) is 0.323. The molecular weight excluding hydrogens is 492 g/mol. The second-order valence-electron chi connectivity index (χ2n) is 10.1. The fourth-order valence-corrected chi connectivity index (χ4v) is 5.24. The number of piperidine rings is 1. The summed E-state index contributed by atoms with van der Waals surface area (Å²) in [6.45, 7) is 8.12. The van der Waals surface area contributed by atoms with Gasteiger partial charge in [-0.25, -0.2) is 0 Å². The molecule has 0 amide bonds. The fourth-order valence-electron chi connectivity index (χ4n) is 5.13. The van der Waals surface area contributed by atoms with Gasteiger partial charge in [-0.1, -0.05) is 54.1 Å². The molecule has 2 aliphatic rings. The summed E-state index contributed by atoms with van der Waals surface area (Å²) in [5.74, 6) is -0.564. The van der Waals surface area contributed by atoms with Gasteiger partial charge in [0.1, 0.15) is 0 Å². The molecule has 2 aromatic rings. The Kier molecular flexibility index (Phi) is 8.39. The molecule has 2 heterocycles. The van der Waals surface area contributed by atoms with E-state index < -0.39 is 21.7 Å². The van der Waals surface area contributed by atoms with Crippen LogP contribution in [0.1, 0.15) is 54.9 Å². The minimum absolute atomic E-state index is 0.0916. The van der Waals surface area contributed by atoms with E-state index in [-0.39, 0.29) is 17.9 Å². The maximum absolute atomic E-state index is 12.7. The van der Waals surface area contributed by atoms with Crippen molar-refractivity contribution < 1.29 is 19.1 Å². The van der Waals surface area contributed by atoms with Crippen LogP contribution in [0.2, 0.25) is 0 Å². The lowest BCUT2D eigenvalue weighted by molar-refractivity contribution is -0.163. The van der Waals surface area contributed by atoms with Crippen molar-refractivity contribution >= 4 is 37.2 Å². The molecule has 0 aromatic heterocycles. The van der Waals surface area contributed by atoms with Crippen LogP contribution >= 0.6 is 25.3 Å². The second kappa shape index (κ2) is 11.2. The highest BCUT2D eigenvalue weighted by atomic mass is 32.1. The normalized spacial score (nSPS) is 27.8. The Hall–Kier alpha value is -2.00. The number of thiol groups is 2. The Morgan fingerprint density at radius 3 is 2.17 bits per heavy atom. The Bertz CT molecular complexity index is 1080. The Morgan fingerprint density at radius 2 is 1.56 bits per heavy atom. The van der Waals surface area contributed by atoms with Gasteiger partial charge in [0.25, 0.3) is 0 Å². The third-order valence-electron chi connectivity index (χ3n) is 7.23. The van der Waals surface area contributed by atoms with Gasteiger partial charge in [-0.15, -0.1) is 0 Å². The monoisotopic (exact) mass is 528 g/mol. The molecule has 2 fully saturated rings. The molecule has 2 saturated heterocycles. The molecule has 2 aromatic carbocycles. The summed E-state index contributed by atoms with van der Waals surface area (Å²) < 4.78 is 12.2. The van der Waals surface area contributed by atoms with Crippen molar-refractivity contribution in [3.63, 3.8) is 0 Å². The van der Waals surface area contributed by atoms with E-state index >= 15 is 0 Å². The maximum Gasteiger partial charge on any atom is 0.319 e. The third kappa shape index (κ3) is 5.77. The van der Waals surface area contributed by atoms with Crippen LogP contribution in [-0.4, -0.2) is 48.6 Å². The standard InChI is InChI=1S/C28H36N2O4S2/c1-18-7-9-23(10-8-18)28(34-26(32)20(3)36)14-22(15-30-17-28)21-5-4-6-24(13-21)27(11-12-29-16-27)33-25(31)19(2)35/h4-10,13,19-20,22,29-30,35-36H,11-12,14-17H2,1-3H3. The van der Waals surface area contributed by atoms with Gasteiger partial charge in [0.15, 0.2) is 11.2 Å². The van der Waals surface area contributed by atoms with Crippen molar-refractivity contribution in [3.05, 3.63) is 70.8 Å². The molecule has 0 saturated carbocycles. The van der Waals surface area contributed by atoms with Gasteiger partial charge in [0, 0.05) is 38.4 Å². The molecule has 6 nitrogen and oxygen atoms in total. The van der Waals surface area contributed by atoms with Crippen molar-refractivity contribution in [2.45, 2.75) is 61.2 Å². The van der Waals surface area contributed by atoms with Gasteiger partial charge >= 0.3 is 11.9 Å². The van der Waals surface area contributed by atoms with Gasteiger partial charge in [-0.05, 0) is 44.0 Å². The smallest absolute Gasteiger partial charge is 0.319 e. The Labute approximate surface area is 224 Å². The Morgan fingerprint density at radius 1 is 0.917 bits per heavy atom. The number of ether oxygens (including phenoxy) is 2. The zero-order valence-corrected chi connectivity index (χ0v) is 22.9. The van der Waals surface area contributed by atoms with Crippen LogP contribution in [0.25, 0.3) is 0 Å². The summed E-state index contributed by atoms with van der Waals surface area (Å²) in [5.41, 5.74) is 2.69. The lowest BCUT2D eigenvalue weighted by atomic mass is 9.77. The van der Waals surface area contributed by atoms with Crippen molar-refractivity contribution in [1.29, 1.82) is 0 Å². The minimum Gasteiger partial charge on any atom is -0.452 e.